The molecule has 1 amide bonds. The lowest BCUT2D eigenvalue weighted by molar-refractivity contribution is -0.138. The predicted octanol–water partition coefficient (Wildman–Crippen LogP) is 4.07. The van der Waals surface area contributed by atoms with Gasteiger partial charge in [0.1, 0.15) is 25.9 Å². The molecular weight excluding hydrogens is 404 g/mol. The molecule has 0 N–H and O–H groups in total. The van der Waals surface area contributed by atoms with Gasteiger partial charge in [0.15, 0.2) is 11.5 Å². The van der Waals surface area contributed by atoms with E-state index in [1.54, 1.807) is 11.0 Å². The Kier molecular flexibility index (Phi) is 5.33. The molecule has 0 spiro atoms. The van der Waals surface area contributed by atoms with Crippen molar-refractivity contribution in [3.05, 3.63) is 66.2 Å². The minimum atomic E-state index is -0.514. The summed E-state index contributed by atoms with van der Waals surface area (Å²) in [6, 6.07) is 14.1. The van der Waals surface area contributed by atoms with Gasteiger partial charge in [0.2, 0.25) is 5.91 Å². The Labute approximate surface area is 188 Å². The van der Waals surface area contributed by atoms with Gasteiger partial charge in [-0.25, -0.2) is 9.67 Å². The van der Waals surface area contributed by atoms with Crippen LogP contribution in [0.4, 0.5) is 0 Å². The first kappa shape index (κ1) is 20.5. The number of nitrogens with zero attached hydrogens (tertiary/aromatic N) is 4. The zero-order chi connectivity index (χ0) is 22.1. The second kappa shape index (κ2) is 8.30. The summed E-state index contributed by atoms with van der Waals surface area (Å²) in [6.45, 7) is 3.18. The van der Waals surface area contributed by atoms with E-state index < -0.39 is 5.41 Å². The molecule has 1 fully saturated rings. The van der Waals surface area contributed by atoms with Crippen LogP contribution >= 0.6 is 0 Å². The molecule has 32 heavy (non-hydrogen) atoms. The molecule has 1 unspecified atom stereocenters. The topological polar surface area (TPSA) is 69.5 Å². The van der Waals surface area contributed by atoms with Gasteiger partial charge in [0.25, 0.3) is 0 Å². The molecule has 7 heteroatoms. The average Bonchev–Trinajstić information content (AvgIpc) is 3.56. The first-order valence-corrected chi connectivity index (χ1v) is 11.2. The zero-order valence-electron chi connectivity index (χ0n) is 18.5. The summed E-state index contributed by atoms with van der Waals surface area (Å²) >= 11 is 0. The van der Waals surface area contributed by atoms with Crippen LogP contribution in [-0.4, -0.2) is 45.8 Å². The molecule has 1 aliphatic heterocycles. The van der Waals surface area contributed by atoms with Gasteiger partial charge in [-0.3, -0.25) is 4.79 Å². The highest BCUT2D eigenvalue weighted by atomic mass is 16.6. The first-order chi connectivity index (χ1) is 15.6. The molecule has 1 aliphatic carbocycles. The molecule has 3 aromatic rings. The van der Waals surface area contributed by atoms with Crippen LogP contribution in [0.5, 0.6) is 11.5 Å². The summed E-state index contributed by atoms with van der Waals surface area (Å²) < 4.78 is 13.2. The Hall–Kier alpha value is -3.35. The van der Waals surface area contributed by atoms with Gasteiger partial charge < -0.3 is 14.4 Å². The molecule has 7 nitrogen and oxygen atoms in total. The number of aromatic nitrogens is 3. The van der Waals surface area contributed by atoms with E-state index >= 15 is 0 Å². The van der Waals surface area contributed by atoms with Crippen LogP contribution in [0.1, 0.15) is 49.8 Å². The number of hydrogen-bond acceptors (Lipinski definition) is 5. The fourth-order valence-electron chi connectivity index (χ4n) is 4.93. The van der Waals surface area contributed by atoms with Gasteiger partial charge >= 0.3 is 0 Å². The Morgan fingerprint density at radius 1 is 1.06 bits per heavy atom. The van der Waals surface area contributed by atoms with Crippen molar-refractivity contribution in [2.45, 2.75) is 44.1 Å². The van der Waals surface area contributed by atoms with Crippen molar-refractivity contribution in [3.63, 3.8) is 0 Å². The van der Waals surface area contributed by atoms with Crippen LogP contribution in [0.2, 0.25) is 0 Å². The van der Waals surface area contributed by atoms with E-state index in [9.17, 15) is 4.79 Å². The number of rotatable bonds is 5. The van der Waals surface area contributed by atoms with E-state index in [2.05, 4.69) is 29.1 Å². The van der Waals surface area contributed by atoms with Gasteiger partial charge in [-0.05, 0) is 55.2 Å². The molecule has 1 saturated carbocycles. The normalized spacial score (nSPS) is 17.7. The molecule has 0 radical (unpaired) electrons. The highest BCUT2D eigenvalue weighted by molar-refractivity contribution is 5.89. The molecule has 1 atom stereocenters. The monoisotopic (exact) mass is 432 g/mol. The van der Waals surface area contributed by atoms with Crippen molar-refractivity contribution in [1.82, 2.24) is 19.7 Å². The number of fused-ring (bicyclic) bond motifs is 1. The molecule has 166 valence electrons. The lowest BCUT2D eigenvalue weighted by atomic mass is 9.77. The number of ether oxygens (including phenoxy) is 2. The van der Waals surface area contributed by atoms with Crippen LogP contribution in [0.15, 0.2) is 55.1 Å². The second-order valence-corrected chi connectivity index (χ2v) is 8.67. The van der Waals surface area contributed by atoms with Crippen LogP contribution in [0.25, 0.3) is 5.69 Å². The Balaban J connectivity index is 1.40. The van der Waals surface area contributed by atoms with Gasteiger partial charge in [0.05, 0.1) is 17.1 Å². The van der Waals surface area contributed by atoms with Crippen molar-refractivity contribution >= 4 is 5.91 Å². The number of amides is 1. The summed E-state index contributed by atoms with van der Waals surface area (Å²) in [5.74, 6) is 1.67. The highest BCUT2D eigenvalue weighted by Gasteiger charge is 2.45. The van der Waals surface area contributed by atoms with Crippen LogP contribution in [0.3, 0.4) is 0 Å². The smallest absolute Gasteiger partial charge is 0.233 e. The van der Waals surface area contributed by atoms with Crippen molar-refractivity contribution < 1.29 is 14.3 Å². The van der Waals surface area contributed by atoms with Gasteiger partial charge in [-0.1, -0.05) is 31.0 Å². The Morgan fingerprint density at radius 3 is 2.47 bits per heavy atom. The standard InChI is InChI=1S/C25H28N4O3/c1-18(19-5-8-21(9-6-19)29-17-26-16-27-29)28(2)24(30)25(11-3-4-12-25)20-7-10-22-23(15-20)32-14-13-31-22/h5-10,15-18H,3-4,11-14H2,1-2H3. The quantitative estimate of drug-likeness (QED) is 0.608. The minimum Gasteiger partial charge on any atom is -0.486 e. The molecular formula is C25H28N4O3. The number of hydrogen-bond donors (Lipinski definition) is 0. The molecule has 1 aromatic heterocycles. The molecule has 5 rings (SSSR count). The van der Waals surface area contributed by atoms with Crippen molar-refractivity contribution in [2.24, 2.45) is 0 Å². The second-order valence-electron chi connectivity index (χ2n) is 8.67. The summed E-state index contributed by atoms with van der Waals surface area (Å²) in [5.41, 5.74) is 2.54. The molecule has 2 aliphatic rings. The van der Waals surface area contributed by atoms with Crippen molar-refractivity contribution in [2.75, 3.05) is 20.3 Å². The van der Waals surface area contributed by atoms with E-state index in [0.717, 1.165) is 54.0 Å². The lowest BCUT2D eigenvalue weighted by Crippen LogP contribution is -2.44. The molecule has 0 saturated heterocycles. The maximum atomic E-state index is 13.9. The van der Waals surface area contributed by atoms with E-state index in [4.69, 9.17) is 9.47 Å². The molecule has 0 bridgehead atoms. The fraction of sp³-hybridized carbons (Fsp3) is 0.400. The van der Waals surface area contributed by atoms with Gasteiger partial charge in [-0.2, -0.15) is 5.10 Å². The Bertz CT molecular complexity index is 1090. The summed E-state index contributed by atoms with van der Waals surface area (Å²) in [4.78, 5) is 19.8. The number of carbonyl (C=O) groups excluding carboxylic acids is 1. The maximum absolute atomic E-state index is 13.9. The third-order valence-corrected chi connectivity index (χ3v) is 6.92. The van der Waals surface area contributed by atoms with E-state index in [1.165, 1.54) is 6.33 Å². The van der Waals surface area contributed by atoms with Crippen molar-refractivity contribution in [3.8, 4) is 17.2 Å². The largest absolute Gasteiger partial charge is 0.486 e. The van der Waals surface area contributed by atoms with Crippen LogP contribution in [0, 0.1) is 0 Å². The first-order valence-electron chi connectivity index (χ1n) is 11.2. The van der Waals surface area contributed by atoms with Gasteiger partial charge in [-0.15, -0.1) is 0 Å². The van der Waals surface area contributed by atoms with Gasteiger partial charge in [0, 0.05) is 7.05 Å². The Morgan fingerprint density at radius 2 is 1.78 bits per heavy atom. The number of benzene rings is 2. The summed E-state index contributed by atoms with van der Waals surface area (Å²) in [7, 11) is 1.91. The predicted molar refractivity (Wildman–Crippen MR) is 120 cm³/mol. The third-order valence-electron chi connectivity index (χ3n) is 6.92. The van der Waals surface area contributed by atoms with Crippen LogP contribution < -0.4 is 9.47 Å². The fourth-order valence-corrected chi connectivity index (χ4v) is 4.93. The van der Waals surface area contributed by atoms with Crippen molar-refractivity contribution in [1.29, 1.82) is 0 Å². The maximum Gasteiger partial charge on any atom is 0.233 e. The molecule has 2 aromatic carbocycles. The van der Waals surface area contributed by atoms with E-state index in [-0.39, 0.29) is 11.9 Å². The summed E-state index contributed by atoms with van der Waals surface area (Å²) in [6.07, 6.45) is 7.00. The SMILES string of the molecule is CC(c1ccc(-n2cncn2)cc1)N(C)C(=O)C1(c2ccc3c(c2)OCCO3)CCCC1. The lowest BCUT2D eigenvalue weighted by Gasteiger charge is -2.36. The average molecular weight is 433 g/mol. The zero-order valence-corrected chi connectivity index (χ0v) is 18.5. The molecule has 2 heterocycles. The van der Waals surface area contributed by atoms with E-state index in [1.807, 2.05) is 42.3 Å². The van der Waals surface area contributed by atoms with E-state index in [0.29, 0.717) is 13.2 Å². The highest BCUT2D eigenvalue weighted by Crippen LogP contribution is 2.46. The third kappa shape index (κ3) is 3.51. The summed E-state index contributed by atoms with van der Waals surface area (Å²) in [5, 5.41) is 4.17. The minimum absolute atomic E-state index is 0.0537. The van der Waals surface area contributed by atoms with Crippen LogP contribution in [-0.2, 0) is 10.2 Å². The number of carbonyl (C=O) groups is 1. The number of likely N-dealkylation sites (N-methyl/N-ethyl adjacent to an activating group) is 1.